The average molecular weight is 464 g/mol. The lowest BCUT2D eigenvalue weighted by Gasteiger charge is -2.13. The van der Waals surface area contributed by atoms with Gasteiger partial charge in [-0.05, 0) is 42.8 Å². The Labute approximate surface area is 190 Å². The Kier molecular flexibility index (Phi) is 5.48. The molecule has 8 heteroatoms. The van der Waals surface area contributed by atoms with Crippen molar-refractivity contribution in [1.29, 1.82) is 0 Å². The van der Waals surface area contributed by atoms with E-state index in [4.69, 9.17) is 0 Å². The molecule has 1 amide bonds. The zero-order valence-electron chi connectivity index (χ0n) is 17.1. The number of imidazole rings is 1. The summed E-state index contributed by atoms with van der Waals surface area (Å²) in [6.07, 6.45) is 4.55. The highest BCUT2D eigenvalue weighted by atomic mass is 32.2. The number of hydrogen-bond acceptors (Lipinski definition) is 5. The number of nitrogens with zero attached hydrogens (tertiary/aromatic N) is 2. The van der Waals surface area contributed by atoms with Gasteiger partial charge in [0, 0.05) is 33.8 Å². The van der Waals surface area contributed by atoms with Gasteiger partial charge in [0.2, 0.25) is 0 Å². The van der Waals surface area contributed by atoms with Gasteiger partial charge >= 0.3 is 0 Å². The molecule has 162 valence electrons. The van der Waals surface area contributed by atoms with E-state index < -0.39 is 9.84 Å². The van der Waals surface area contributed by atoms with Crippen LogP contribution in [0.2, 0.25) is 0 Å². The molecular formula is C24H21N3O3S2. The largest absolute Gasteiger partial charge is 0.322 e. The number of sulfone groups is 1. The molecule has 1 aliphatic heterocycles. The fraction of sp³-hybridized carbons (Fsp3) is 0.167. The second-order valence-electron chi connectivity index (χ2n) is 7.76. The predicted octanol–water partition coefficient (Wildman–Crippen LogP) is 4.53. The summed E-state index contributed by atoms with van der Waals surface area (Å²) in [6, 6.07) is 20.8. The molecule has 1 atom stereocenters. The first-order valence-corrected chi connectivity index (χ1v) is 13.0. The normalized spacial score (nSPS) is 17.4. The topological polar surface area (TPSA) is 80.5 Å². The van der Waals surface area contributed by atoms with Crippen molar-refractivity contribution in [3.63, 3.8) is 0 Å². The van der Waals surface area contributed by atoms with E-state index in [1.807, 2.05) is 77.5 Å². The maximum Gasteiger partial charge on any atom is 0.256 e. The fourth-order valence-electron chi connectivity index (χ4n) is 3.79. The number of hydrogen-bond donors (Lipinski definition) is 1. The fourth-order valence-corrected chi connectivity index (χ4v) is 7.41. The molecule has 0 unspecified atom stereocenters. The van der Waals surface area contributed by atoms with Gasteiger partial charge in [0.05, 0.1) is 22.8 Å². The molecule has 1 saturated heterocycles. The van der Waals surface area contributed by atoms with E-state index in [1.54, 1.807) is 6.07 Å². The van der Waals surface area contributed by atoms with Crippen molar-refractivity contribution < 1.29 is 13.2 Å². The molecule has 0 spiro atoms. The third kappa shape index (κ3) is 4.42. The third-order valence-corrected chi connectivity index (χ3v) is 8.74. The van der Waals surface area contributed by atoms with Crippen LogP contribution in [0.25, 0.3) is 16.9 Å². The summed E-state index contributed by atoms with van der Waals surface area (Å²) in [5.74, 6) is 0.171. The number of amides is 1. The summed E-state index contributed by atoms with van der Waals surface area (Å²) in [6.45, 7) is 0. The number of carbonyl (C=O) groups is 1. The van der Waals surface area contributed by atoms with E-state index in [-0.39, 0.29) is 22.7 Å². The Hall–Kier alpha value is -3.10. The highest BCUT2D eigenvalue weighted by molar-refractivity contribution is 8.02. The average Bonchev–Trinajstić information content (AvgIpc) is 3.37. The van der Waals surface area contributed by atoms with E-state index in [0.717, 1.165) is 21.8 Å². The minimum absolute atomic E-state index is 0.0151. The first-order chi connectivity index (χ1) is 15.5. The molecule has 6 nitrogen and oxygen atoms in total. The zero-order valence-corrected chi connectivity index (χ0v) is 18.8. The number of carbonyl (C=O) groups excluding carboxylic acids is 1. The maximum atomic E-state index is 13.0. The Morgan fingerprint density at radius 2 is 1.81 bits per heavy atom. The van der Waals surface area contributed by atoms with Gasteiger partial charge in [-0.3, -0.25) is 4.79 Å². The second kappa shape index (κ2) is 8.44. The van der Waals surface area contributed by atoms with Crippen molar-refractivity contribution in [3.8, 4) is 11.3 Å². The highest BCUT2D eigenvalue weighted by Crippen LogP contribution is 2.33. The van der Waals surface area contributed by atoms with Crippen LogP contribution in [-0.4, -0.2) is 40.5 Å². The van der Waals surface area contributed by atoms with Gasteiger partial charge in [-0.25, -0.2) is 13.4 Å². The molecule has 1 fully saturated rings. The maximum absolute atomic E-state index is 13.0. The molecule has 1 aliphatic rings. The molecule has 2 aromatic heterocycles. The van der Waals surface area contributed by atoms with Crippen LogP contribution in [0, 0.1) is 0 Å². The van der Waals surface area contributed by atoms with Crippen molar-refractivity contribution in [1.82, 2.24) is 9.38 Å². The summed E-state index contributed by atoms with van der Waals surface area (Å²) in [5.41, 5.74) is 3.94. The molecule has 0 radical (unpaired) electrons. The summed E-state index contributed by atoms with van der Waals surface area (Å²) < 4.78 is 25.5. The number of benzene rings is 2. The lowest BCUT2D eigenvalue weighted by atomic mass is 10.1. The van der Waals surface area contributed by atoms with Crippen LogP contribution in [0.15, 0.2) is 84.0 Å². The van der Waals surface area contributed by atoms with Crippen LogP contribution < -0.4 is 5.32 Å². The third-order valence-electron chi connectivity index (χ3n) is 5.42. The Balaban J connectivity index is 1.31. The highest BCUT2D eigenvalue weighted by Gasteiger charge is 2.29. The minimum Gasteiger partial charge on any atom is -0.322 e. The van der Waals surface area contributed by atoms with Crippen molar-refractivity contribution in [3.05, 3.63) is 84.7 Å². The van der Waals surface area contributed by atoms with E-state index >= 15 is 0 Å². The first kappa shape index (κ1) is 20.8. The quantitative estimate of drug-likeness (QED) is 0.470. The molecular weight excluding hydrogens is 442 g/mol. The van der Waals surface area contributed by atoms with Crippen LogP contribution in [0.3, 0.4) is 0 Å². The SMILES string of the molecule is O=C(Nc1ccc(-c2cn3ccccc3n2)cc1)c1ccccc1S[C@H]1CCS(=O)(=O)C1. The van der Waals surface area contributed by atoms with Crippen LogP contribution in [0.4, 0.5) is 5.69 Å². The lowest BCUT2D eigenvalue weighted by molar-refractivity contribution is 0.102. The van der Waals surface area contributed by atoms with Gasteiger partial charge in [-0.15, -0.1) is 11.8 Å². The molecule has 5 rings (SSSR count). The van der Waals surface area contributed by atoms with Crippen LogP contribution in [0.5, 0.6) is 0 Å². The monoisotopic (exact) mass is 463 g/mol. The van der Waals surface area contributed by atoms with Crippen LogP contribution >= 0.6 is 11.8 Å². The van der Waals surface area contributed by atoms with Gasteiger partial charge < -0.3 is 9.72 Å². The van der Waals surface area contributed by atoms with E-state index in [9.17, 15) is 13.2 Å². The summed E-state index contributed by atoms with van der Waals surface area (Å²) in [4.78, 5) is 18.4. The number of fused-ring (bicyclic) bond motifs is 1. The predicted molar refractivity (Wildman–Crippen MR) is 128 cm³/mol. The second-order valence-corrected chi connectivity index (χ2v) is 11.3. The molecule has 2 aromatic carbocycles. The Bertz CT molecular complexity index is 1360. The number of anilines is 1. The van der Waals surface area contributed by atoms with Crippen molar-refractivity contribution in [2.45, 2.75) is 16.6 Å². The molecule has 0 saturated carbocycles. The molecule has 3 heterocycles. The zero-order chi connectivity index (χ0) is 22.1. The van der Waals surface area contributed by atoms with Gasteiger partial charge in [-0.2, -0.15) is 0 Å². The number of pyridine rings is 1. The number of thioether (sulfide) groups is 1. The standard InChI is InChI=1S/C24H21N3O3S2/c28-24(20-5-1-2-6-22(20)31-19-12-14-32(29,30)16-19)25-18-10-8-17(9-11-18)21-15-27-13-4-3-7-23(27)26-21/h1-11,13,15,19H,12,14,16H2,(H,25,28)/t19-/m0/s1. The molecule has 4 aromatic rings. The minimum atomic E-state index is -2.96. The summed E-state index contributed by atoms with van der Waals surface area (Å²) in [5, 5.41) is 2.93. The molecule has 0 bridgehead atoms. The smallest absolute Gasteiger partial charge is 0.256 e. The van der Waals surface area contributed by atoms with Gasteiger partial charge in [0.25, 0.3) is 5.91 Å². The van der Waals surface area contributed by atoms with E-state index in [2.05, 4.69) is 10.3 Å². The first-order valence-electron chi connectivity index (χ1n) is 10.3. The van der Waals surface area contributed by atoms with Gasteiger partial charge in [0.15, 0.2) is 9.84 Å². The lowest BCUT2D eigenvalue weighted by Crippen LogP contribution is -2.14. The van der Waals surface area contributed by atoms with Crippen LogP contribution in [-0.2, 0) is 9.84 Å². The Morgan fingerprint density at radius 3 is 2.56 bits per heavy atom. The van der Waals surface area contributed by atoms with Gasteiger partial charge in [0.1, 0.15) is 5.65 Å². The Morgan fingerprint density at radius 1 is 1.03 bits per heavy atom. The number of aromatic nitrogens is 2. The van der Waals surface area contributed by atoms with E-state index in [1.165, 1.54) is 11.8 Å². The summed E-state index contributed by atoms with van der Waals surface area (Å²) in [7, 11) is -2.96. The van der Waals surface area contributed by atoms with Crippen LogP contribution in [0.1, 0.15) is 16.8 Å². The van der Waals surface area contributed by atoms with Crippen molar-refractivity contribution in [2.24, 2.45) is 0 Å². The molecule has 0 aliphatic carbocycles. The van der Waals surface area contributed by atoms with Crippen molar-refractivity contribution >= 4 is 38.8 Å². The molecule has 1 N–H and O–H groups in total. The number of rotatable bonds is 5. The van der Waals surface area contributed by atoms with E-state index in [0.29, 0.717) is 17.7 Å². The molecule has 32 heavy (non-hydrogen) atoms. The van der Waals surface area contributed by atoms with Gasteiger partial charge in [-0.1, -0.05) is 30.3 Å². The van der Waals surface area contributed by atoms with Crippen molar-refractivity contribution in [2.75, 3.05) is 16.8 Å². The number of nitrogens with one attached hydrogen (secondary N) is 1. The summed E-state index contributed by atoms with van der Waals surface area (Å²) >= 11 is 1.47.